The van der Waals surface area contributed by atoms with Crippen LogP contribution in [0.25, 0.3) is 6.08 Å². The van der Waals surface area contributed by atoms with Gasteiger partial charge in [0.1, 0.15) is 4.32 Å². The van der Waals surface area contributed by atoms with Gasteiger partial charge in [-0.3, -0.25) is 9.69 Å². The topological polar surface area (TPSA) is 65.1 Å². The molecule has 1 aromatic rings. The molecule has 0 aromatic heterocycles. The number of benzene rings is 1. The van der Waals surface area contributed by atoms with Crippen LogP contribution < -0.4 is 9.47 Å². The Hall–Kier alpha value is -2.06. The van der Waals surface area contributed by atoms with E-state index in [1.165, 1.54) is 30.9 Å². The molecule has 24 heavy (non-hydrogen) atoms. The molecule has 0 N–H and O–H groups in total. The lowest BCUT2D eigenvalue weighted by atomic mass is 10.1. The lowest BCUT2D eigenvalue weighted by Gasteiger charge is -2.13. The molecule has 0 aliphatic carbocycles. The minimum absolute atomic E-state index is 0.144. The standard InChI is InChI=1S/C16H17NO5S2/c1-4-17-15(19)12(24-16(17)23)8-10-6-5-7-11(20-2)14(10)22-9-13(18)21-3/h5-8H,4,9H2,1-3H3/b12-8-. The number of thiocarbonyl (C=S) groups is 1. The summed E-state index contributed by atoms with van der Waals surface area (Å²) in [5.41, 5.74) is 0.620. The van der Waals surface area contributed by atoms with Crippen LogP contribution in [0.1, 0.15) is 12.5 Å². The zero-order valence-electron chi connectivity index (χ0n) is 13.5. The Morgan fingerprint density at radius 3 is 2.71 bits per heavy atom. The van der Waals surface area contributed by atoms with Crippen LogP contribution in [-0.4, -0.2) is 48.5 Å². The van der Waals surface area contributed by atoms with E-state index in [0.29, 0.717) is 32.8 Å². The van der Waals surface area contributed by atoms with Crippen LogP contribution in [0.3, 0.4) is 0 Å². The lowest BCUT2D eigenvalue weighted by Crippen LogP contribution is -2.27. The van der Waals surface area contributed by atoms with E-state index < -0.39 is 5.97 Å². The van der Waals surface area contributed by atoms with E-state index in [1.54, 1.807) is 24.3 Å². The minimum atomic E-state index is -0.510. The van der Waals surface area contributed by atoms with Crippen LogP contribution in [-0.2, 0) is 14.3 Å². The third kappa shape index (κ3) is 3.88. The number of hydrogen-bond acceptors (Lipinski definition) is 7. The van der Waals surface area contributed by atoms with E-state index >= 15 is 0 Å². The van der Waals surface area contributed by atoms with Crippen LogP contribution in [0.2, 0.25) is 0 Å². The van der Waals surface area contributed by atoms with Crippen molar-refractivity contribution in [2.45, 2.75) is 6.92 Å². The second-order valence-electron chi connectivity index (χ2n) is 4.67. The highest BCUT2D eigenvalue weighted by molar-refractivity contribution is 8.26. The first-order valence-corrected chi connectivity index (χ1v) is 8.36. The predicted molar refractivity (Wildman–Crippen MR) is 96.1 cm³/mol. The molecule has 1 saturated heterocycles. The number of ether oxygens (including phenoxy) is 3. The monoisotopic (exact) mass is 367 g/mol. The molecule has 128 valence electrons. The number of likely N-dealkylation sites (N-methyl/N-ethyl adjacent to an activating group) is 1. The number of rotatable bonds is 6. The maximum Gasteiger partial charge on any atom is 0.343 e. The van der Waals surface area contributed by atoms with Crippen LogP contribution in [0.15, 0.2) is 23.1 Å². The summed E-state index contributed by atoms with van der Waals surface area (Å²) in [6.07, 6.45) is 1.68. The number of carbonyl (C=O) groups excluding carboxylic acids is 2. The second kappa shape index (κ2) is 8.16. The molecule has 0 radical (unpaired) electrons. The van der Waals surface area contributed by atoms with Crippen molar-refractivity contribution < 1.29 is 23.8 Å². The van der Waals surface area contributed by atoms with Gasteiger partial charge in [0.25, 0.3) is 5.91 Å². The highest BCUT2D eigenvalue weighted by Crippen LogP contribution is 2.37. The predicted octanol–water partition coefficient (Wildman–Crippen LogP) is 2.47. The summed E-state index contributed by atoms with van der Waals surface area (Å²) in [7, 11) is 2.78. The summed E-state index contributed by atoms with van der Waals surface area (Å²) >= 11 is 6.44. The van der Waals surface area contributed by atoms with Crippen molar-refractivity contribution >= 4 is 46.3 Å². The molecule has 1 fully saturated rings. The Kier molecular flexibility index (Phi) is 6.22. The quantitative estimate of drug-likeness (QED) is 0.435. The zero-order valence-corrected chi connectivity index (χ0v) is 15.2. The second-order valence-corrected chi connectivity index (χ2v) is 6.35. The first kappa shape index (κ1) is 18.3. The molecule has 1 aliphatic rings. The minimum Gasteiger partial charge on any atom is -0.493 e. The molecule has 2 rings (SSSR count). The molecule has 1 amide bonds. The van der Waals surface area contributed by atoms with Gasteiger partial charge in [0.15, 0.2) is 18.1 Å². The number of carbonyl (C=O) groups is 2. The normalized spacial score (nSPS) is 15.8. The summed E-state index contributed by atoms with van der Waals surface area (Å²) < 4.78 is 15.9. The lowest BCUT2D eigenvalue weighted by molar-refractivity contribution is -0.142. The molecule has 0 bridgehead atoms. The van der Waals surface area contributed by atoms with Gasteiger partial charge in [-0.15, -0.1) is 0 Å². The van der Waals surface area contributed by atoms with Crippen molar-refractivity contribution in [1.82, 2.24) is 4.90 Å². The van der Waals surface area contributed by atoms with Gasteiger partial charge in [-0.05, 0) is 19.1 Å². The molecule has 0 atom stereocenters. The fraction of sp³-hybridized carbons (Fsp3) is 0.312. The van der Waals surface area contributed by atoms with Crippen LogP contribution in [0.4, 0.5) is 0 Å². The van der Waals surface area contributed by atoms with E-state index in [4.69, 9.17) is 21.7 Å². The molecule has 1 aromatic carbocycles. The van der Waals surface area contributed by atoms with E-state index in [2.05, 4.69) is 4.74 Å². The molecule has 0 unspecified atom stereocenters. The molecule has 0 saturated carbocycles. The van der Waals surface area contributed by atoms with Crippen molar-refractivity contribution in [1.29, 1.82) is 0 Å². The van der Waals surface area contributed by atoms with E-state index in [0.717, 1.165) is 0 Å². The third-order valence-electron chi connectivity index (χ3n) is 3.27. The number of amides is 1. The summed E-state index contributed by atoms with van der Waals surface area (Å²) in [5, 5.41) is 0. The Balaban J connectivity index is 2.36. The molecule has 8 heteroatoms. The van der Waals surface area contributed by atoms with Crippen molar-refractivity contribution in [3.8, 4) is 11.5 Å². The average Bonchev–Trinajstić information content (AvgIpc) is 2.86. The van der Waals surface area contributed by atoms with Crippen LogP contribution >= 0.6 is 24.0 Å². The van der Waals surface area contributed by atoms with Crippen molar-refractivity contribution in [3.05, 3.63) is 28.7 Å². The van der Waals surface area contributed by atoms with E-state index in [9.17, 15) is 9.59 Å². The summed E-state index contributed by atoms with van der Waals surface area (Å²) in [6.45, 7) is 2.13. The highest BCUT2D eigenvalue weighted by Gasteiger charge is 2.31. The molecular weight excluding hydrogens is 350 g/mol. The smallest absolute Gasteiger partial charge is 0.343 e. The molecule has 1 aliphatic heterocycles. The molecule has 1 heterocycles. The van der Waals surface area contributed by atoms with Gasteiger partial charge < -0.3 is 14.2 Å². The fourth-order valence-electron chi connectivity index (χ4n) is 2.07. The van der Waals surface area contributed by atoms with Crippen LogP contribution in [0, 0.1) is 0 Å². The van der Waals surface area contributed by atoms with Crippen molar-refractivity contribution in [2.75, 3.05) is 27.4 Å². The highest BCUT2D eigenvalue weighted by atomic mass is 32.2. The molecule has 0 spiro atoms. The SMILES string of the molecule is CCN1C(=O)/C(=C/c2cccc(OC)c2OCC(=O)OC)SC1=S. The molecule has 6 nitrogen and oxygen atoms in total. The summed E-state index contributed by atoms with van der Waals surface area (Å²) in [6, 6.07) is 5.26. The summed E-state index contributed by atoms with van der Waals surface area (Å²) in [5.74, 6) is 0.171. The number of esters is 1. The maximum absolute atomic E-state index is 12.3. The Labute approximate surface area is 149 Å². The number of para-hydroxylation sites is 1. The number of methoxy groups -OCH3 is 2. The maximum atomic E-state index is 12.3. The van der Waals surface area contributed by atoms with Gasteiger partial charge >= 0.3 is 5.97 Å². The van der Waals surface area contributed by atoms with Gasteiger partial charge in [-0.25, -0.2) is 4.79 Å². The van der Waals surface area contributed by atoms with Gasteiger partial charge in [0, 0.05) is 12.1 Å². The van der Waals surface area contributed by atoms with Gasteiger partial charge in [0.2, 0.25) is 0 Å². The number of hydrogen-bond donors (Lipinski definition) is 0. The third-order valence-corrected chi connectivity index (χ3v) is 4.65. The number of thioether (sulfide) groups is 1. The summed E-state index contributed by atoms with van der Waals surface area (Å²) in [4.78, 5) is 25.7. The van der Waals surface area contributed by atoms with Crippen molar-refractivity contribution in [3.63, 3.8) is 0 Å². The largest absolute Gasteiger partial charge is 0.493 e. The Morgan fingerprint density at radius 2 is 2.12 bits per heavy atom. The number of nitrogens with zero attached hydrogens (tertiary/aromatic N) is 1. The van der Waals surface area contributed by atoms with Gasteiger partial charge in [-0.2, -0.15) is 0 Å². The van der Waals surface area contributed by atoms with Gasteiger partial charge in [-0.1, -0.05) is 36.1 Å². The molecular formula is C16H17NO5S2. The zero-order chi connectivity index (χ0) is 17.7. The van der Waals surface area contributed by atoms with E-state index in [-0.39, 0.29) is 12.5 Å². The van der Waals surface area contributed by atoms with E-state index in [1.807, 2.05) is 6.92 Å². The first-order chi connectivity index (χ1) is 11.5. The fourth-order valence-corrected chi connectivity index (χ4v) is 3.44. The Bertz CT molecular complexity index is 702. The van der Waals surface area contributed by atoms with Crippen LogP contribution in [0.5, 0.6) is 11.5 Å². The Morgan fingerprint density at radius 1 is 1.38 bits per heavy atom. The first-order valence-electron chi connectivity index (χ1n) is 7.13. The average molecular weight is 367 g/mol. The van der Waals surface area contributed by atoms with Crippen molar-refractivity contribution in [2.24, 2.45) is 0 Å². The van der Waals surface area contributed by atoms with Gasteiger partial charge in [0.05, 0.1) is 19.1 Å².